The summed E-state index contributed by atoms with van der Waals surface area (Å²) in [4.78, 5) is 36.5. The van der Waals surface area contributed by atoms with Crippen molar-refractivity contribution in [2.24, 2.45) is 0 Å². The first-order valence-corrected chi connectivity index (χ1v) is 10.0. The zero-order valence-corrected chi connectivity index (χ0v) is 15.4. The number of aliphatic hydroxyl groups is 1. The van der Waals surface area contributed by atoms with Crippen LogP contribution >= 0.6 is 8.58 Å². The first kappa shape index (κ1) is 18.7. The van der Waals surface area contributed by atoms with Crippen LogP contribution in [0.25, 0.3) is 10.8 Å². The molecule has 1 aromatic heterocycles. The van der Waals surface area contributed by atoms with E-state index >= 15 is 0 Å². The van der Waals surface area contributed by atoms with Gasteiger partial charge in [0, 0.05) is 18.4 Å². The number of carbonyl (C=O) groups is 2. The number of piperidine rings is 1. The number of nitrogens with one attached hydrogen (secondary N) is 1. The Labute approximate surface area is 152 Å². The Kier molecular flexibility index (Phi) is 6.12. The molecule has 26 heavy (non-hydrogen) atoms. The SMILES string of the molecule is O=C1CCC(n2ncc3cccc(PCCCCCO)c3c2=O)C(=O)N1. The molecule has 138 valence electrons. The van der Waals surface area contributed by atoms with E-state index in [1.165, 1.54) is 4.68 Å². The summed E-state index contributed by atoms with van der Waals surface area (Å²) in [6.45, 7) is 0.208. The number of unbranched alkanes of at least 4 members (excludes halogenated alkanes) is 2. The van der Waals surface area contributed by atoms with Gasteiger partial charge >= 0.3 is 0 Å². The van der Waals surface area contributed by atoms with Crippen molar-refractivity contribution in [1.82, 2.24) is 15.1 Å². The molecule has 2 heterocycles. The van der Waals surface area contributed by atoms with Crippen LogP contribution in [0.4, 0.5) is 0 Å². The van der Waals surface area contributed by atoms with Crippen LogP contribution in [0.5, 0.6) is 0 Å². The van der Waals surface area contributed by atoms with Crippen LogP contribution in [-0.2, 0) is 9.59 Å². The van der Waals surface area contributed by atoms with Gasteiger partial charge in [0.1, 0.15) is 6.04 Å². The molecule has 2 atom stereocenters. The lowest BCUT2D eigenvalue weighted by Gasteiger charge is -2.22. The minimum Gasteiger partial charge on any atom is -0.396 e. The maximum atomic E-state index is 13.0. The summed E-state index contributed by atoms with van der Waals surface area (Å²) < 4.78 is 1.21. The van der Waals surface area contributed by atoms with E-state index in [4.69, 9.17) is 5.11 Å². The van der Waals surface area contributed by atoms with Gasteiger partial charge in [0.15, 0.2) is 0 Å². The molecule has 1 fully saturated rings. The molecule has 7 nitrogen and oxygen atoms in total. The number of nitrogens with zero attached hydrogens (tertiary/aromatic N) is 2. The molecule has 1 saturated heterocycles. The van der Waals surface area contributed by atoms with E-state index in [1.54, 1.807) is 6.20 Å². The summed E-state index contributed by atoms with van der Waals surface area (Å²) in [6.07, 6.45) is 5.83. The van der Waals surface area contributed by atoms with Gasteiger partial charge in [-0.15, -0.1) is 0 Å². The van der Waals surface area contributed by atoms with E-state index in [1.807, 2.05) is 18.2 Å². The standard InChI is InChI=1S/C18H22N3O4P/c22-9-2-1-3-10-26-14-6-4-5-12-11-19-21(18(25)16(12)14)13-7-8-15(23)20-17(13)24/h4-6,11,13,22,26H,1-3,7-10H2,(H,20,23,24). The highest BCUT2D eigenvalue weighted by Gasteiger charge is 2.30. The maximum absolute atomic E-state index is 13.0. The van der Waals surface area contributed by atoms with E-state index in [-0.39, 0.29) is 30.9 Å². The first-order chi connectivity index (χ1) is 12.6. The molecule has 2 unspecified atom stereocenters. The Bertz CT molecular complexity index is 880. The molecule has 2 amide bonds. The molecule has 8 heteroatoms. The monoisotopic (exact) mass is 375 g/mol. The highest BCUT2D eigenvalue weighted by atomic mass is 31.1. The van der Waals surface area contributed by atoms with Gasteiger partial charge in [0.25, 0.3) is 11.5 Å². The summed E-state index contributed by atoms with van der Waals surface area (Å²) in [7, 11) is 0.484. The van der Waals surface area contributed by atoms with Crippen molar-refractivity contribution in [2.75, 3.05) is 12.8 Å². The average Bonchev–Trinajstić information content (AvgIpc) is 2.63. The summed E-state index contributed by atoms with van der Waals surface area (Å²) >= 11 is 0. The quantitative estimate of drug-likeness (QED) is 0.424. The van der Waals surface area contributed by atoms with E-state index in [9.17, 15) is 14.4 Å². The van der Waals surface area contributed by atoms with Crippen molar-refractivity contribution in [3.63, 3.8) is 0 Å². The molecule has 0 bridgehead atoms. The van der Waals surface area contributed by atoms with Crippen LogP contribution in [0.3, 0.4) is 0 Å². The maximum Gasteiger partial charge on any atom is 0.276 e. The fraction of sp³-hybridized carbons (Fsp3) is 0.444. The van der Waals surface area contributed by atoms with Gasteiger partial charge in [-0.25, -0.2) is 4.68 Å². The number of benzene rings is 1. The van der Waals surface area contributed by atoms with Crippen LogP contribution in [0.2, 0.25) is 0 Å². The number of hydrogen-bond acceptors (Lipinski definition) is 5. The number of rotatable bonds is 7. The second kappa shape index (κ2) is 8.52. The molecule has 0 saturated carbocycles. The third kappa shape index (κ3) is 4.00. The highest BCUT2D eigenvalue weighted by molar-refractivity contribution is 7.47. The molecule has 0 aliphatic carbocycles. The molecule has 1 aliphatic heterocycles. The van der Waals surface area contributed by atoms with Gasteiger partial charge in [-0.1, -0.05) is 33.2 Å². The second-order valence-electron chi connectivity index (χ2n) is 6.34. The molecular weight excluding hydrogens is 353 g/mol. The van der Waals surface area contributed by atoms with Crippen molar-refractivity contribution in [1.29, 1.82) is 0 Å². The number of hydrogen-bond donors (Lipinski definition) is 2. The van der Waals surface area contributed by atoms with E-state index in [0.29, 0.717) is 14.0 Å². The smallest absolute Gasteiger partial charge is 0.276 e. The number of amides is 2. The number of aromatic nitrogens is 2. The molecule has 0 spiro atoms. The van der Waals surface area contributed by atoms with Gasteiger partial charge in [-0.05, 0) is 30.7 Å². The molecule has 2 N–H and O–H groups in total. The Morgan fingerprint density at radius 2 is 2.08 bits per heavy atom. The van der Waals surface area contributed by atoms with Crippen molar-refractivity contribution in [3.8, 4) is 0 Å². The molecular formula is C18H22N3O4P. The summed E-state index contributed by atoms with van der Waals surface area (Å²) in [6, 6.07) is 4.96. The fourth-order valence-electron chi connectivity index (χ4n) is 3.13. The van der Waals surface area contributed by atoms with Crippen molar-refractivity contribution in [3.05, 3.63) is 34.7 Å². The van der Waals surface area contributed by atoms with E-state index in [2.05, 4.69) is 10.4 Å². The molecule has 1 aliphatic rings. The Morgan fingerprint density at radius 1 is 1.23 bits per heavy atom. The van der Waals surface area contributed by atoms with Crippen LogP contribution < -0.4 is 16.2 Å². The normalized spacial score (nSPS) is 18.0. The van der Waals surface area contributed by atoms with Gasteiger partial charge < -0.3 is 5.11 Å². The van der Waals surface area contributed by atoms with Crippen LogP contribution in [0, 0.1) is 0 Å². The molecule has 3 rings (SSSR count). The van der Waals surface area contributed by atoms with Crippen LogP contribution in [0.15, 0.2) is 29.2 Å². The van der Waals surface area contributed by atoms with Gasteiger partial charge in [0.05, 0.1) is 11.6 Å². The third-order valence-electron chi connectivity index (χ3n) is 4.50. The highest BCUT2D eigenvalue weighted by Crippen LogP contribution is 2.20. The lowest BCUT2D eigenvalue weighted by atomic mass is 10.1. The minimum absolute atomic E-state index is 0.205. The third-order valence-corrected chi connectivity index (χ3v) is 5.90. The first-order valence-electron chi connectivity index (χ1n) is 8.81. The van der Waals surface area contributed by atoms with Gasteiger partial charge in [-0.2, -0.15) is 5.10 Å². The lowest BCUT2D eigenvalue weighted by molar-refractivity contribution is -0.136. The van der Waals surface area contributed by atoms with Gasteiger partial charge in [-0.3, -0.25) is 19.7 Å². The topological polar surface area (TPSA) is 101 Å². The molecule has 1 aromatic carbocycles. The lowest BCUT2D eigenvalue weighted by Crippen LogP contribution is -2.45. The predicted octanol–water partition coefficient (Wildman–Crippen LogP) is 0.841. The Balaban J connectivity index is 1.89. The van der Waals surface area contributed by atoms with Crippen LogP contribution in [-0.4, -0.2) is 39.5 Å². The second-order valence-corrected chi connectivity index (χ2v) is 7.73. The Morgan fingerprint density at radius 3 is 2.85 bits per heavy atom. The summed E-state index contributed by atoms with van der Waals surface area (Å²) in [5.74, 6) is -0.788. The summed E-state index contributed by atoms with van der Waals surface area (Å²) in [5.41, 5.74) is -0.282. The van der Waals surface area contributed by atoms with Gasteiger partial charge in [0.2, 0.25) is 5.91 Å². The Hall–Kier alpha value is -2.11. The predicted molar refractivity (Wildman–Crippen MR) is 101 cm³/mol. The number of aliphatic hydroxyl groups excluding tert-OH is 1. The minimum atomic E-state index is -0.745. The fourth-order valence-corrected chi connectivity index (χ4v) is 4.47. The van der Waals surface area contributed by atoms with E-state index in [0.717, 1.165) is 36.1 Å². The van der Waals surface area contributed by atoms with Crippen molar-refractivity contribution >= 4 is 36.5 Å². The average molecular weight is 375 g/mol. The number of imide groups is 1. The largest absolute Gasteiger partial charge is 0.396 e. The zero-order chi connectivity index (χ0) is 18.5. The zero-order valence-electron chi connectivity index (χ0n) is 14.4. The van der Waals surface area contributed by atoms with Crippen LogP contribution in [0.1, 0.15) is 38.1 Å². The summed E-state index contributed by atoms with van der Waals surface area (Å²) in [5, 5.41) is 17.6. The number of fused-ring (bicyclic) bond motifs is 1. The molecule has 0 radical (unpaired) electrons. The van der Waals surface area contributed by atoms with Crippen molar-refractivity contribution < 1.29 is 14.7 Å². The van der Waals surface area contributed by atoms with Crippen molar-refractivity contribution in [2.45, 2.75) is 38.1 Å². The molecule has 2 aromatic rings. The van der Waals surface area contributed by atoms with E-state index < -0.39 is 11.9 Å². The number of carbonyl (C=O) groups excluding carboxylic acids is 2.